The predicted molar refractivity (Wildman–Crippen MR) is 89.8 cm³/mol. The molecule has 0 spiro atoms. The number of nitrogens with zero attached hydrogens (tertiary/aromatic N) is 1. The van der Waals surface area contributed by atoms with Crippen LogP contribution in [0.15, 0.2) is 24.4 Å². The molecule has 6 nitrogen and oxygen atoms in total. The molecule has 3 rings (SSSR count). The molecular weight excluding hydrogens is 292 g/mol. The zero-order valence-corrected chi connectivity index (χ0v) is 13.6. The SMILES string of the molecule is CC1CC(Oc2ccc(C3=CN(C)CN3)cc2C(N)=O)CCN1. The molecule has 0 radical (unpaired) electrons. The molecule has 1 amide bonds. The lowest BCUT2D eigenvalue weighted by Gasteiger charge is -2.29. The van der Waals surface area contributed by atoms with Crippen molar-refractivity contribution in [3.63, 3.8) is 0 Å². The van der Waals surface area contributed by atoms with Crippen LogP contribution in [-0.2, 0) is 0 Å². The van der Waals surface area contributed by atoms with E-state index in [0.717, 1.165) is 37.3 Å². The molecule has 0 bridgehead atoms. The minimum Gasteiger partial charge on any atom is -0.489 e. The first-order valence-corrected chi connectivity index (χ1v) is 8.03. The van der Waals surface area contributed by atoms with Crippen LogP contribution >= 0.6 is 0 Å². The van der Waals surface area contributed by atoms with Crippen LogP contribution in [0.25, 0.3) is 5.70 Å². The van der Waals surface area contributed by atoms with Crippen molar-refractivity contribution in [1.29, 1.82) is 0 Å². The molecule has 1 saturated heterocycles. The summed E-state index contributed by atoms with van der Waals surface area (Å²) in [5.74, 6) is 0.114. The molecule has 4 N–H and O–H groups in total. The summed E-state index contributed by atoms with van der Waals surface area (Å²) in [6.45, 7) is 3.83. The Morgan fingerprint density at radius 3 is 2.91 bits per heavy atom. The Morgan fingerprint density at radius 2 is 2.26 bits per heavy atom. The summed E-state index contributed by atoms with van der Waals surface area (Å²) in [7, 11) is 1.99. The fourth-order valence-corrected chi connectivity index (χ4v) is 3.06. The largest absolute Gasteiger partial charge is 0.489 e. The number of ether oxygens (including phenoxy) is 1. The second-order valence-electron chi connectivity index (χ2n) is 6.33. The Labute approximate surface area is 136 Å². The lowest BCUT2D eigenvalue weighted by atomic mass is 10.0. The van der Waals surface area contributed by atoms with E-state index >= 15 is 0 Å². The van der Waals surface area contributed by atoms with Gasteiger partial charge in [-0.2, -0.15) is 0 Å². The fourth-order valence-electron chi connectivity index (χ4n) is 3.06. The van der Waals surface area contributed by atoms with E-state index in [0.29, 0.717) is 17.4 Å². The summed E-state index contributed by atoms with van der Waals surface area (Å²) >= 11 is 0. The highest BCUT2D eigenvalue weighted by atomic mass is 16.5. The highest BCUT2D eigenvalue weighted by molar-refractivity contribution is 5.96. The topological polar surface area (TPSA) is 79.6 Å². The molecule has 1 aromatic rings. The van der Waals surface area contributed by atoms with Gasteiger partial charge in [0.15, 0.2) is 0 Å². The Hall–Kier alpha value is -2.21. The molecule has 1 fully saturated rings. The van der Waals surface area contributed by atoms with Gasteiger partial charge in [0.05, 0.1) is 17.9 Å². The van der Waals surface area contributed by atoms with Gasteiger partial charge in [0, 0.05) is 24.9 Å². The molecule has 0 saturated carbocycles. The van der Waals surface area contributed by atoms with E-state index in [4.69, 9.17) is 10.5 Å². The van der Waals surface area contributed by atoms with Crippen molar-refractivity contribution in [3.8, 4) is 5.75 Å². The summed E-state index contributed by atoms with van der Waals surface area (Å²) in [5.41, 5.74) is 7.92. The van der Waals surface area contributed by atoms with Crippen molar-refractivity contribution in [2.75, 3.05) is 20.3 Å². The number of hydrogen-bond acceptors (Lipinski definition) is 5. The van der Waals surface area contributed by atoms with Gasteiger partial charge in [-0.05, 0) is 44.5 Å². The van der Waals surface area contributed by atoms with Gasteiger partial charge in [-0.1, -0.05) is 0 Å². The normalized spacial score (nSPS) is 24.1. The maximum atomic E-state index is 11.8. The molecule has 2 aliphatic heterocycles. The van der Waals surface area contributed by atoms with E-state index in [9.17, 15) is 4.79 Å². The molecule has 0 aromatic heterocycles. The number of nitrogens with one attached hydrogen (secondary N) is 2. The van der Waals surface area contributed by atoms with E-state index in [-0.39, 0.29) is 6.10 Å². The number of benzene rings is 1. The van der Waals surface area contributed by atoms with Gasteiger partial charge in [-0.15, -0.1) is 0 Å². The van der Waals surface area contributed by atoms with E-state index in [2.05, 4.69) is 17.6 Å². The summed E-state index contributed by atoms with van der Waals surface area (Å²) in [6, 6.07) is 6.04. The van der Waals surface area contributed by atoms with Crippen molar-refractivity contribution in [1.82, 2.24) is 15.5 Å². The summed E-state index contributed by atoms with van der Waals surface area (Å²) < 4.78 is 6.07. The Balaban J connectivity index is 1.82. The summed E-state index contributed by atoms with van der Waals surface area (Å²) in [5, 5.41) is 6.67. The smallest absolute Gasteiger partial charge is 0.252 e. The maximum Gasteiger partial charge on any atom is 0.252 e. The number of rotatable bonds is 4. The Kier molecular flexibility index (Phi) is 4.43. The van der Waals surface area contributed by atoms with Crippen LogP contribution in [-0.4, -0.2) is 43.2 Å². The van der Waals surface area contributed by atoms with E-state index in [1.54, 1.807) is 6.07 Å². The number of primary amides is 1. The van der Waals surface area contributed by atoms with E-state index in [1.807, 2.05) is 30.3 Å². The standard InChI is InChI=1S/C17H24N4O2/c1-11-7-13(5-6-19-11)23-16-4-3-12(8-14(16)17(18)22)15-9-21(2)10-20-15/h3-4,8-9,11,13,19-20H,5-7,10H2,1-2H3,(H2,18,22). The predicted octanol–water partition coefficient (Wildman–Crippen LogP) is 1.10. The quantitative estimate of drug-likeness (QED) is 0.775. The van der Waals surface area contributed by atoms with Crippen LogP contribution in [0.1, 0.15) is 35.7 Å². The second-order valence-corrected chi connectivity index (χ2v) is 6.33. The molecule has 1 aromatic carbocycles. The van der Waals surface area contributed by atoms with Gasteiger partial charge in [0.25, 0.3) is 5.91 Å². The lowest BCUT2D eigenvalue weighted by molar-refractivity contribution is 0.0986. The highest BCUT2D eigenvalue weighted by Crippen LogP contribution is 2.27. The van der Waals surface area contributed by atoms with Gasteiger partial charge >= 0.3 is 0 Å². The van der Waals surface area contributed by atoms with Crippen LogP contribution in [0.4, 0.5) is 0 Å². The van der Waals surface area contributed by atoms with Crippen molar-refractivity contribution in [2.24, 2.45) is 5.73 Å². The third kappa shape index (κ3) is 3.59. The lowest BCUT2D eigenvalue weighted by Crippen LogP contribution is -2.40. The number of nitrogens with two attached hydrogens (primary N) is 1. The number of hydrogen-bond donors (Lipinski definition) is 3. The van der Waals surface area contributed by atoms with Gasteiger partial charge in [0.2, 0.25) is 0 Å². The maximum absolute atomic E-state index is 11.8. The molecule has 2 aliphatic rings. The average molecular weight is 316 g/mol. The van der Waals surface area contributed by atoms with E-state index < -0.39 is 5.91 Å². The van der Waals surface area contributed by atoms with Crippen LogP contribution in [0, 0.1) is 0 Å². The molecule has 2 heterocycles. The van der Waals surface area contributed by atoms with Crippen LogP contribution in [0.2, 0.25) is 0 Å². The van der Waals surface area contributed by atoms with Crippen molar-refractivity contribution >= 4 is 11.6 Å². The zero-order chi connectivity index (χ0) is 16.4. The molecule has 2 unspecified atom stereocenters. The van der Waals surface area contributed by atoms with Crippen LogP contribution in [0.3, 0.4) is 0 Å². The zero-order valence-electron chi connectivity index (χ0n) is 13.6. The summed E-state index contributed by atoms with van der Waals surface area (Å²) in [6.07, 6.45) is 3.99. The summed E-state index contributed by atoms with van der Waals surface area (Å²) in [4.78, 5) is 13.9. The number of amides is 1. The fraction of sp³-hybridized carbons (Fsp3) is 0.471. The first-order chi connectivity index (χ1) is 11.0. The van der Waals surface area contributed by atoms with Crippen LogP contribution < -0.4 is 21.1 Å². The molecule has 23 heavy (non-hydrogen) atoms. The number of carbonyl (C=O) groups is 1. The van der Waals surface area contributed by atoms with Gasteiger partial charge in [0.1, 0.15) is 11.9 Å². The van der Waals surface area contributed by atoms with Crippen molar-refractivity contribution < 1.29 is 9.53 Å². The first kappa shape index (κ1) is 15.7. The van der Waals surface area contributed by atoms with Crippen molar-refractivity contribution in [2.45, 2.75) is 31.9 Å². The van der Waals surface area contributed by atoms with E-state index in [1.165, 1.54) is 0 Å². The number of piperidine rings is 1. The Bertz CT molecular complexity index is 629. The van der Waals surface area contributed by atoms with Gasteiger partial charge < -0.3 is 26.0 Å². The third-order valence-corrected chi connectivity index (χ3v) is 4.29. The first-order valence-electron chi connectivity index (χ1n) is 8.03. The highest BCUT2D eigenvalue weighted by Gasteiger charge is 2.22. The molecule has 0 aliphatic carbocycles. The van der Waals surface area contributed by atoms with Crippen molar-refractivity contribution in [3.05, 3.63) is 35.5 Å². The van der Waals surface area contributed by atoms with Gasteiger partial charge in [-0.25, -0.2) is 0 Å². The minimum absolute atomic E-state index is 0.116. The molecule has 124 valence electrons. The molecule has 6 heteroatoms. The van der Waals surface area contributed by atoms with Crippen LogP contribution in [0.5, 0.6) is 5.75 Å². The second kappa shape index (κ2) is 6.50. The molecular formula is C17H24N4O2. The monoisotopic (exact) mass is 316 g/mol. The number of carbonyl (C=O) groups excluding carboxylic acids is 1. The average Bonchev–Trinajstić information content (AvgIpc) is 2.94. The minimum atomic E-state index is -0.462. The third-order valence-electron chi connectivity index (χ3n) is 4.29. The Morgan fingerprint density at radius 1 is 1.43 bits per heavy atom. The van der Waals surface area contributed by atoms with Gasteiger partial charge in [-0.3, -0.25) is 4.79 Å². The molecule has 2 atom stereocenters.